The number of benzene rings is 1. The molecule has 0 bridgehead atoms. The lowest BCUT2D eigenvalue weighted by Crippen LogP contribution is -2.34. The molecule has 0 fully saturated rings. The standard InChI is InChI=1S/C16H17N3OS/c1-19(2)14(15-4-3-9-21-15)11-18-16(20)13-7-5-12(10-17)6-8-13/h3-9,14H,11H2,1-2H3,(H,18,20). The molecule has 1 heterocycles. The van der Waals surface area contributed by atoms with Gasteiger partial charge in [0.05, 0.1) is 17.7 Å². The summed E-state index contributed by atoms with van der Waals surface area (Å²) in [4.78, 5) is 15.4. The van der Waals surface area contributed by atoms with Gasteiger partial charge in [0.1, 0.15) is 0 Å². The SMILES string of the molecule is CN(C)C(CNC(=O)c1ccc(C#N)cc1)c1cccs1. The maximum Gasteiger partial charge on any atom is 0.251 e. The second-order valence-electron chi connectivity index (χ2n) is 4.89. The lowest BCUT2D eigenvalue weighted by molar-refractivity contribution is 0.0942. The molecule has 5 heteroatoms. The molecule has 1 unspecified atom stereocenters. The number of hydrogen-bond donors (Lipinski definition) is 1. The minimum atomic E-state index is -0.122. The third-order valence-corrected chi connectivity index (χ3v) is 4.20. The van der Waals surface area contributed by atoms with Gasteiger partial charge in [-0.05, 0) is 49.8 Å². The van der Waals surface area contributed by atoms with Crippen molar-refractivity contribution in [2.45, 2.75) is 6.04 Å². The van der Waals surface area contributed by atoms with E-state index < -0.39 is 0 Å². The molecule has 0 saturated carbocycles. The van der Waals surface area contributed by atoms with Crippen LogP contribution in [-0.4, -0.2) is 31.4 Å². The molecule has 2 rings (SSSR count). The van der Waals surface area contributed by atoms with Gasteiger partial charge in [0.2, 0.25) is 0 Å². The summed E-state index contributed by atoms with van der Waals surface area (Å²) in [5.74, 6) is -0.122. The van der Waals surface area contributed by atoms with Crippen LogP contribution < -0.4 is 5.32 Å². The van der Waals surface area contributed by atoms with E-state index in [4.69, 9.17) is 5.26 Å². The zero-order chi connectivity index (χ0) is 15.2. The number of nitrogens with one attached hydrogen (secondary N) is 1. The van der Waals surface area contributed by atoms with E-state index in [9.17, 15) is 4.79 Å². The highest BCUT2D eigenvalue weighted by Gasteiger charge is 2.16. The Morgan fingerprint density at radius 1 is 1.33 bits per heavy atom. The quantitative estimate of drug-likeness (QED) is 0.923. The van der Waals surface area contributed by atoms with Crippen molar-refractivity contribution in [3.8, 4) is 6.07 Å². The van der Waals surface area contributed by atoms with E-state index >= 15 is 0 Å². The van der Waals surface area contributed by atoms with Crippen molar-refractivity contribution in [2.75, 3.05) is 20.6 Å². The van der Waals surface area contributed by atoms with Crippen molar-refractivity contribution in [2.24, 2.45) is 0 Å². The summed E-state index contributed by atoms with van der Waals surface area (Å²) in [7, 11) is 4.00. The van der Waals surface area contributed by atoms with Gasteiger partial charge in [0.15, 0.2) is 0 Å². The third kappa shape index (κ3) is 3.91. The molecule has 0 aliphatic carbocycles. The van der Waals surface area contributed by atoms with E-state index in [2.05, 4.69) is 16.3 Å². The molecule has 4 nitrogen and oxygen atoms in total. The predicted octanol–water partition coefficient (Wildman–Crippen LogP) is 2.65. The summed E-state index contributed by atoms with van der Waals surface area (Å²) in [5.41, 5.74) is 1.12. The Bertz CT molecular complexity index is 627. The zero-order valence-corrected chi connectivity index (χ0v) is 12.9. The molecule has 108 valence electrons. The molecule has 0 radical (unpaired) electrons. The van der Waals surface area contributed by atoms with Crippen molar-refractivity contribution in [1.29, 1.82) is 5.26 Å². The first kappa shape index (κ1) is 15.2. The van der Waals surface area contributed by atoms with Crippen LogP contribution in [0.3, 0.4) is 0 Å². The number of hydrogen-bond acceptors (Lipinski definition) is 4. The van der Waals surface area contributed by atoms with Crippen LogP contribution in [0.25, 0.3) is 0 Å². The number of nitrogens with zero attached hydrogens (tertiary/aromatic N) is 2. The van der Waals surface area contributed by atoms with Crippen molar-refractivity contribution >= 4 is 17.2 Å². The number of thiophene rings is 1. The van der Waals surface area contributed by atoms with Crippen molar-refractivity contribution < 1.29 is 4.79 Å². The van der Waals surface area contributed by atoms with Gasteiger partial charge < -0.3 is 10.2 Å². The molecule has 1 aromatic heterocycles. The van der Waals surface area contributed by atoms with Gasteiger partial charge in [-0.25, -0.2) is 0 Å². The van der Waals surface area contributed by atoms with Crippen molar-refractivity contribution in [3.63, 3.8) is 0 Å². The normalized spacial score (nSPS) is 11.9. The average Bonchev–Trinajstić information content (AvgIpc) is 3.01. The highest BCUT2D eigenvalue weighted by atomic mass is 32.1. The minimum absolute atomic E-state index is 0.122. The largest absolute Gasteiger partial charge is 0.350 e. The van der Waals surface area contributed by atoms with E-state index in [1.165, 1.54) is 4.88 Å². The Hall–Kier alpha value is -2.16. The molecular formula is C16H17N3OS. The number of likely N-dealkylation sites (N-methyl/N-ethyl adjacent to an activating group) is 1. The lowest BCUT2D eigenvalue weighted by atomic mass is 10.1. The number of carbonyl (C=O) groups excluding carboxylic acids is 1. The van der Waals surface area contributed by atoms with Crippen LogP contribution in [0.4, 0.5) is 0 Å². The maximum absolute atomic E-state index is 12.1. The van der Waals surface area contributed by atoms with Gasteiger partial charge in [0, 0.05) is 17.0 Å². The van der Waals surface area contributed by atoms with Gasteiger partial charge in [-0.3, -0.25) is 4.79 Å². The number of amides is 1. The average molecular weight is 299 g/mol. The van der Waals surface area contributed by atoms with E-state index in [0.29, 0.717) is 17.7 Å². The van der Waals surface area contributed by atoms with E-state index in [0.717, 1.165) is 0 Å². The van der Waals surface area contributed by atoms with Crippen LogP contribution in [0.1, 0.15) is 26.8 Å². The number of rotatable bonds is 5. The fraction of sp³-hybridized carbons (Fsp3) is 0.250. The molecule has 0 spiro atoms. The molecule has 1 amide bonds. The second-order valence-corrected chi connectivity index (χ2v) is 5.87. The molecule has 2 aromatic rings. The van der Waals surface area contributed by atoms with Crippen molar-refractivity contribution in [3.05, 3.63) is 57.8 Å². The van der Waals surface area contributed by atoms with Crippen molar-refractivity contribution in [1.82, 2.24) is 10.2 Å². The summed E-state index contributed by atoms with van der Waals surface area (Å²) in [6, 6.07) is 12.9. The van der Waals surface area contributed by atoms with E-state index in [1.807, 2.05) is 31.6 Å². The summed E-state index contributed by atoms with van der Waals surface area (Å²) >= 11 is 1.68. The molecule has 21 heavy (non-hydrogen) atoms. The van der Waals surface area contributed by atoms with Gasteiger partial charge in [-0.1, -0.05) is 6.07 Å². The molecule has 0 saturated heterocycles. The Balaban J connectivity index is 2.00. The Morgan fingerprint density at radius 3 is 2.57 bits per heavy atom. The molecule has 1 N–H and O–H groups in total. The monoisotopic (exact) mass is 299 g/mol. The van der Waals surface area contributed by atoms with Crippen LogP contribution in [0.5, 0.6) is 0 Å². The first-order valence-corrected chi connectivity index (χ1v) is 7.48. The minimum Gasteiger partial charge on any atom is -0.350 e. The molecule has 0 aliphatic rings. The Labute approximate surface area is 128 Å². The number of nitriles is 1. The Kier molecular flexibility index (Phi) is 5.09. The first-order chi connectivity index (χ1) is 10.1. The lowest BCUT2D eigenvalue weighted by Gasteiger charge is -2.23. The fourth-order valence-corrected chi connectivity index (χ4v) is 2.93. The highest BCUT2D eigenvalue weighted by Crippen LogP contribution is 2.22. The second kappa shape index (κ2) is 7.02. The predicted molar refractivity (Wildman–Crippen MR) is 84.2 cm³/mol. The maximum atomic E-state index is 12.1. The molecular weight excluding hydrogens is 282 g/mol. The van der Waals surface area contributed by atoms with Gasteiger partial charge in [-0.15, -0.1) is 11.3 Å². The van der Waals surface area contributed by atoms with Crippen LogP contribution in [0.15, 0.2) is 41.8 Å². The van der Waals surface area contributed by atoms with Gasteiger partial charge in [0.25, 0.3) is 5.91 Å². The first-order valence-electron chi connectivity index (χ1n) is 6.60. The smallest absolute Gasteiger partial charge is 0.251 e. The van der Waals surface area contributed by atoms with Gasteiger partial charge in [-0.2, -0.15) is 5.26 Å². The topological polar surface area (TPSA) is 56.1 Å². The molecule has 1 aromatic carbocycles. The van der Waals surface area contributed by atoms with Crippen LogP contribution in [0.2, 0.25) is 0 Å². The van der Waals surface area contributed by atoms with E-state index in [-0.39, 0.29) is 11.9 Å². The van der Waals surface area contributed by atoms with Crippen LogP contribution in [0, 0.1) is 11.3 Å². The van der Waals surface area contributed by atoms with E-state index in [1.54, 1.807) is 35.6 Å². The summed E-state index contributed by atoms with van der Waals surface area (Å²) in [6.07, 6.45) is 0. The summed E-state index contributed by atoms with van der Waals surface area (Å²) < 4.78 is 0. The van der Waals surface area contributed by atoms with Gasteiger partial charge >= 0.3 is 0 Å². The molecule has 0 aliphatic heterocycles. The molecule has 1 atom stereocenters. The van der Waals surface area contributed by atoms with Crippen LogP contribution >= 0.6 is 11.3 Å². The number of carbonyl (C=O) groups is 1. The third-order valence-electron chi connectivity index (χ3n) is 3.23. The Morgan fingerprint density at radius 2 is 2.05 bits per heavy atom. The summed E-state index contributed by atoms with van der Waals surface area (Å²) in [5, 5.41) is 13.7. The highest BCUT2D eigenvalue weighted by molar-refractivity contribution is 7.10. The van der Waals surface area contributed by atoms with Crippen LogP contribution in [-0.2, 0) is 0 Å². The fourth-order valence-electron chi connectivity index (χ4n) is 2.01. The zero-order valence-electron chi connectivity index (χ0n) is 12.0. The summed E-state index contributed by atoms with van der Waals surface area (Å²) in [6.45, 7) is 0.548.